The first-order valence-corrected chi connectivity index (χ1v) is 3.97. The largest absolute Gasteiger partial charge is 0.393 e. The van der Waals surface area contributed by atoms with Gasteiger partial charge in [0.15, 0.2) is 0 Å². The molecule has 0 saturated heterocycles. The van der Waals surface area contributed by atoms with E-state index in [0.29, 0.717) is 5.92 Å². The minimum atomic E-state index is -0.162. The molecular weight excluding hydrogens is 124 g/mol. The van der Waals surface area contributed by atoms with Gasteiger partial charge in [0, 0.05) is 0 Å². The first-order chi connectivity index (χ1) is 4.68. The Balaban J connectivity index is 3.21. The number of aliphatic hydroxyl groups excluding tert-OH is 1. The van der Waals surface area contributed by atoms with E-state index in [1.165, 1.54) is 0 Å². The third-order valence-electron chi connectivity index (χ3n) is 1.89. The third kappa shape index (κ3) is 4.57. The molecule has 2 atom stereocenters. The van der Waals surface area contributed by atoms with Crippen LogP contribution >= 0.6 is 0 Å². The van der Waals surface area contributed by atoms with Crippen molar-refractivity contribution in [3.8, 4) is 0 Å². The van der Waals surface area contributed by atoms with E-state index in [4.69, 9.17) is 5.11 Å². The lowest BCUT2D eigenvalue weighted by Crippen LogP contribution is -2.12. The van der Waals surface area contributed by atoms with E-state index in [-0.39, 0.29) is 6.10 Å². The van der Waals surface area contributed by atoms with Crippen molar-refractivity contribution in [1.82, 2.24) is 0 Å². The van der Waals surface area contributed by atoms with Gasteiger partial charge in [0.25, 0.3) is 0 Å². The number of rotatable bonds is 5. The molecule has 0 aromatic heterocycles. The van der Waals surface area contributed by atoms with E-state index in [1.54, 1.807) is 0 Å². The molecule has 0 amide bonds. The van der Waals surface area contributed by atoms with Gasteiger partial charge >= 0.3 is 0 Å². The first-order valence-electron chi connectivity index (χ1n) is 3.97. The minimum absolute atomic E-state index is 0.162. The zero-order valence-corrected chi connectivity index (χ0v) is 7.01. The standard InChI is InChI=1S/C9H18O/c1-4-5-6-7-8(2)9(3)10/h4,8-10H,1,5-7H2,2-3H3/t8-,9-/m1/s1. The molecule has 0 rings (SSSR count). The highest BCUT2D eigenvalue weighted by Crippen LogP contribution is 2.11. The van der Waals surface area contributed by atoms with Crippen molar-refractivity contribution < 1.29 is 5.11 Å². The summed E-state index contributed by atoms with van der Waals surface area (Å²) in [7, 11) is 0. The van der Waals surface area contributed by atoms with Crippen LogP contribution in [0.1, 0.15) is 33.1 Å². The lowest BCUT2D eigenvalue weighted by Gasteiger charge is -2.12. The third-order valence-corrected chi connectivity index (χ3v) is 1.89. The highest BCUT2D eigenvalue weighted by atomic mass is 16.3. The summed E-state index contributed by atoms with van der Waals surface area (Å²) in [5.41, 5.74) is 0. The van der Waals surface area contributed by atoms with E-state index in [1.807, 2.05) is 13.0 Å². The minimum Gasteiger partial charge on any atom is -0.393 e. The van der Waals surface area contributed by atoms with Crippen LogP contribution in [0.2, 0.25) is 0 Å². The fourth-order valence-electron chi connectivity index (χ4n) is 0.825. The van der Waals surface area contributed by atoms with Crippen LogP contribution in [0, 0.1) is 5.92 Å². The summed E-state index contributed by atoms with van der Waals surface area (Å²) in [5, 5.41) is 9.09. The molecule has 0 bridgehead atoms. The lowest BCUT2D eigenvalue weighted by atomic mass is 9.99. The molecule has 1 heteroatoms. The maximum atomic E-state index is 9.09. The average molecular weight is 142 g/mol. The maximum absolute atomic E-state index is 9.09. The smallest absolute Gasteiger partial charge is 0.0537 e. The van der Waals surface area contributed by atoms with Gasteiger partial charge in [-0.2, -0.15) is 0 Å². The molecule has 0 aliphatic rings. The Kier molecular flexibility index (Phi) is 5.32. The van der Waals surface area contributed by atoms with Crippen LogP contribution in [0.5, 0.6) is 0 Å². The number of unbranched alkanes of at least 4 members (excludes halogenated alkanes) is 1. The maximum Gasteiger partial charge on any atom is 0.0537 e. The van der Waals surface area contributed by atoms with Crippen LogP contribution in [-0.4, -0.2) is 11.2 Å². The molecule has 0 radical (unpaired) electrons. The van der Waals surface area contributed by atoms with E-state index in [0.717, 1.165) is 19.3 Å². The quantitative estimate of drug-likeness (QED) is 0.461. The zero-order chi connectivity index (χ0) is 7.98. The normalized spacial score (nSPS) is 16.3. The van der Waals surface area contributed by atoms with E-state index in [2.05, 4.69) is 13.5 Å². The van der Waals surface area contributed by atoms with Gasteiger partial charge in [0.1, 0.15) is 0 Å². The highest BCUT2D eigenvalue weighted by molar-refractivity contribution is 4.67. The van der Waals surface area contributed by atoms with E-state index in [9.17, 15) is 0 Å². The lowest BCUT2D eigenvalue weighted by molar-refractivity contribution is 0.129. The summed E-state index contributed by atoms with van der Waals surface area (Å²) in [6.07, 6.45) is 5.08. The molecule has 0 saturated carbocycles. The van der Waals surface area contributed by atoms with Crippen molar-refractivity contribution >= 4 is 0 Å². The molecule has 0 aromatic carbocycles. The Bertz CT molecular complexity index is 86.7. The molecule has 10 heavy (non-hydrogen) atoms. The van der Waals surface area contributed by atoms with Gasteiger partial charge in [-0.25, -0.2) is 0 Å². The van der Waals surface area contributed by atoms with Gasteiger partial charge < -0.3 is 5.11 Å². The van der Waals surface area contributed by atoms with Crippen LogP contribution in [-0.2, 0) is 0 Å². The molecule has 0 fully saturated rings. The first kappa shape index (κ1) is 9.70. The SMILES string of the molecule is C=CCCC[C@@H](C)[C@@H](C)O. The molecule has 60 valence electrons. The van der Waals surface area contributed by atoms with Crippen molar-refractivity contribution in [3.05, 3.63) is 12.7 Å². The number of aliphatic hydroxyl groups is 1. The molecule has 0 aliphatic carbocycles. The fraction of sp³-hybridized carbons (Fsp3) is 0.778. The van der Waals surface area contributed by atoms with Gasteiger partial charge in [-0.1, -0.05) is 13.0 Å². The molecule has 1 N–H and O–H groups in total. The van der Waals surface area contributed by atoms with Crippen molar-refractivity contribution in [2.45, 2.75) is 39.2 Å². The summed E-state index contributed by atoms with van der Waals surface area (Å²) < 4.78 is 0. The van der Waals surface area contributed by atoms with Gasteiger partial charge in [-0.3, -0.25) is 0 Å². The Morgan fingerprint density at radius 2 is 2.10 bits per heavy atom. The monoisotopic (exact) mass is 142 g/mol. The van der Waals surface area contributed by atoms with E-state index >= 15 is 0 Å². The fourth-order valence-corrected chi connectivity index (χ4v) is 0.825. The predicted octanol–water partition coefficient (Wildman–Crippen LogP) is 2.36. The Morgan fingerprint density at radius 1 is 1.50 bits per heavy atom. The topological polar surface area (TPSA) is 20.2 Å². The van der Waals surface area contributed by atoms with Crippen LogP contribution in [0.25, 0.3) is 0 Å². The van der Waals surface area contributed by atoms with Crippen molar-refractivity contribution in [1.29, 1.82) is 0 Å². The van der Waals surface area contributed by atoms with Crippen LogP contribution in [0.15, 0.2) is 12.7 Å². The molecule has 0 unspecified atom stereocenters. The molecule has 0 spiro atoms. The van der Waals surface area contributed by atoms with E-state index < -0.39 is 0 Å². The van der Waals surface area contributed by atoms with Crippen LogP contribution in [0.4, 0.5) is 0 Å². The zero-order valence-electron chi connectivity index (χ0n) is 7.01. The summed E-state index contributed by atoms with van der Waals surface area (Å²) in [5.74, 6) is 0.431. The van der Waals surface area contributed by atoms with Crippen molar-refractivity contribution in [3.63, 3.8) is 0 Å². The second kappa shape index (κ2) is 5.48. The molecule has 0 aliphatic heterocycles. The van der Waals surface area contributed by atoms with Crippen molar-refractivity contribution in [2.24, 2.45) is 5.92 Å². The van der Waals surface area contributed by atoms with Gasteiger partial charge in [-0.05, 0) is 32.1 Å². The number of hydrogen-bond acceptors (Lipinski definition) is 1. The molecular formula is C9H18O. The Labute approximate surface area is 63.8 Å². The number of hydrogen-bond donors (Lipinski definition) is 1. The number of allylic oxidation sites excluding steroid dienone is 1. The summed E-state index contributed by atoms with van der Waals surface area (Å²) in [6, 6.07) is 0. The molecule has 1 nitrogen and oxygen atoms in total. The average Bonchev–Trinajstić information content (AvgIpc) is 1.88. The van der Waals surface area contributed by atoms with Gasteiger partial charge in [0.2, 0.25) is 0 Å². The Morgan fingerprint density at radius 3 is 2.50 bits per heavy atom. The second-order valence-electron chi connectivity index (χ2n) is 2.94. The van der Waals surface area contributed by atoms with Crippen molar-refractivity contribution in [2.75, 3.05) is 0 Å². The highest BCUT2D eigenvalue weighted by Gasteiger charge is 2.06. The van der Waals surface area contributed by atoms with Crippen LogP contribution < -0.4 is 0 Å². The van der Waals surface area contributed by atoms with Gasteiger partial charge in [-0.15, -0.1) is 6.58 Å². The summed E-state index contributed by atoms with van der Waals surface area (Å²) in [4.78, 5) is 0. The summed E-state index contributed by atoms with van der Waals surface area (Å²) >= 11 is 0. The van der Waals surface area contributed by atoms with Gasteiger partial charge in [0.05, 0.1) is 6.10 Å². The second-order valence-corrected chi connectivity index (χ2v) is 2.94. The molecule has 0 heterocycles. The predicted molar refractivity (Wildman–Crippen MR) is 44.9 cm³/mol. The Hall–Kier alpha value is -0.300. The molecule has 0 aromatic rings. The van der Waals surface area contributed by atoms with Crippen LogP contribution in [0.3, 0.4) is 0 Å². The summed E-state index contributed by atoms with van der Waals surface area (Å²) in [6.45, 7) is 7.56.